The quantitative estimate of drug-likeness (QED) is 0.727. The highest BCUT2D eigenvalue weighted by Crippen LogP contribution is 2.26. The molecule has 0 spiro atoms. The van der Waals surface area contributed by atoms with Gasteiger partial charge in [-0.15, -0.1) is 0 Å². The number of carbonyl (C=O) groups is 1. The zero-order valence-electron chi connectivity index (χ0n) is 17.8. The van der Waals surface area contributed by atoms with Gasteiger partial charge in [0.05, 0.1) is 12.8 Å². The molecule has 1 atom stereocenters. The Kier molecular flexibility index (Phi) is 7.19. The van der Waals surface area contributed by atoms with Gasteiger partial charge >= 0.3 is 0 Å². The Hall–Kier alpha value is -2.05. The van der Waals surface area contributed by atoms with Gasteiger partial charge in [-0.2, -0.15) is 5.10 Å². The van der Waals surface area contributed by atoms with Crippen LogP contribution in [0.25, 0.3) is 0 Å². The van der Waals surface area contributed by atoms with Gasteiger partial charge in [0.2, 0.25) is 5.91 Å². The number of hydrogen-bond acceptors (Lipinski definition) is 4. The van der Waals surface area contributed by atoms with Crippen molar-refractivity contribution in [2.75, 3.05) is 25.5 Å². The predicted molar refractivity (Wildman–Crippen MR) is 117 cm³/mol. The van der Waals surface area contributed by atoms with Crippen molar-refractivity contribution < 1.29 is 9.53 Å². The molecule has 3 rings (SSSR count). The summed E-state index contributed by atoms with van der Waals surface area (Å²) in [5.41, 5.74) is 3.96. The molecular weight excluding hydrogens is 388 g/mol. The maximum atomic E-state index is 12.4. The Balaban J connectivity index is 1.49. The van der Waals surface area contributed by atoms with E-state index in [1.54, 1.807) is 11.8 Å². The highest BCUT2D eigenvalue weighted by molar-refractivity contribution is 6.30. The lowest BCUT2D eigenvalue weighted by atomic mass is 9.93. The number of aryl methyl sites for hydroxylation is 3. The number of ether oxygens (including phenoxy) is 1. The fourth-order valence-electron chi connectivity index (χ4n) is 4.06. The van der Waals surface area contributed by atoms with Crippen LogP contribution in [-0.2, 0) is 18.4 Å². The number of hydrogen-bond donors (Lipinski definition) is 1. The van der Waals surface area contributed by atoms with Crippen LogP contribution in [0.4, 0.5) is 5.69 Å². The maximum Gasteiger partial charge on any atom is 0.224 e. The Bertz CT molecular complexity index is 865. The van der Waals surface area contributed by atoms with E-state index >= 15 is 0 Å². The molecule has 0 aliphatic carbocycles. The van der Waals surface area contributed by atoms with Crippen LogP contribution in [-0.4, -0.2) is 40.8 Å². The third-order valence-corrected chi connectivity index (χ3v) is 6.21. The molecule has 7 heteroatoms. The number of piperidine rings is 1. The summed E-state index contributed by atoms with van der Waals surface area (Å²) in [5, 5.41) is 8.16. The number of anilines is 1. The van der Waals surface area contributed by atoms with Gasteiger partial charge < -0.3 is 10.1 Å². The van der Waals surface area contributed by atoms with E-state index in [0.717, 1.165) is 65.9 Å². The zero-order valence-corrected chi connectivity index (χ0v) is 18.6. The lowest BCUT2D eigenvalue weighted by Gasteiger charge is -2.32. The molecule has 1 saturated heterocycles. The van der Waals surface area contributed by atoms with Crippen LogP contribution in [0, 0.1) is 19.8 Å². The molecule has 29 heavy (non-hydrogen) atoms. The number of rotatable bonds is 7. The van der Waals surface area contributed by atoms with Crippen molar-refractivity contribution in [2.24, 2.45) is 13.0 Å². The van der Waals surface area contributed by atoms with Crippen molar-refractivity contribution in [3.8, 4) is 5.75 Å². The van der Waals surface area contributed by atoms with Gasteiger partial charge in [0.15, 0.2) is 0 Å². The lowest BCUT2D eigenvalue weighted by Crippen LogP contribution is -2.35. The van der Waals surface area contributed by atoms with Gasteiger partial charge in [-0.05, 0) is 69.3 Å². The Labute approximate surface area is 178 Å². The number of halogens is 1. The van der Waals surface area contributed by atoms with E-state index in [1.807, 2.05) is 39.1 Å². The van der Waals surface area contributed by atoms with Crippen LogP contribution >= 0.6 is 11.6 Å². The Morgan fingerprint density at radius 2 is 2.17 bits per heavy atom. The fourth-order valence-corrected chi connectivity index (χ4v) is 4.29. The highest BCUT2D eigenvalue weighted by atomic mass is 35.5. The molecule has 1 aliphatic rings. The van der Waals surface area contributed by atoms with Crippen molar-refractivity contribution in [1.29, 1.82) is 0 Å². The first-order chi connectivity index (χ1) is 13.9. The van der Waals surface area contributed by atoms with Crippen molar-refractivity contribution in [3.05, 3.63) is 40.2 Å². The molecule has 1 amide bonds. The number of nitrogens with one attached hydrogen (secondary N) is 1. The number of aromatic nitrogens is 2. The van der Waals surface area contributed by atoms with Crippen molar-refractivity contribution in [2.45, 2.75) is 46.1 Å². The maximum absolute atomic E-state index is 12.4. The molecule has 1 aliphatic heterocycles. The number of methoxy groups -OCH3 is 1. The van der Waals surface area contributed by atoms with Crippen molar-refractivity contribution in [3.63, 3.8) is 0 Å². The second-order valence-electron chi connectivity index (χ2n) is 7.99. The van der Waals surface area contributed by atoms with Crippen LogP contribution in [0.2, 0.25) is 5.15 Å². The molecule has 0 unspecified atom stereocenters. The van der Waals surface area contributed by atoms with Gasteiger partial charge in [0.25, 0.3) is 0 Å². The molecular formula is C22H31ClN4O2. The van der Waals surface area contributed by atoms with Crippen molar-refractivity contribution >= 4 is 23.2 Å². The predicted octanol–water partition coefficient (Wildman–Crippen LogP) is 4.33. The van der Waals surface area contributed by atoms with Crippen LogP contribution in [0.5, 0.6) is 5.75 Å². The second-order valence-corrected chi connectivity index (χ2v) is 8.35. The number of amides is 1. The number of likely N-dealkylation sites (tertiary alicyclic amines) is 1. The minimum Gasteiger partial charge on any atom is -0.497 e. The Morgan fingerprint density at radius 1 is 1.38 bits per heavy atom. The fraction of sp³-hybridized carbons (Fsp3) is 0.545. The second kappa shape index (κ2) is 9.63. The first-order valence-electron chi connectivity index (χ1n) is 10.2. The van der Waals surface area contributed by atoms with E-state index in [0.29, 0.717) is 12.3 Å². The summed E-state index contributed by atoms with van der Waals surface area (Å²) in [7, 11) is 3.52. The van der Waals surface area contributed by atoms with Crippen LogP contribution in [0.3, 0.4) is 0 Å². The summed E-state index contributed by atoms with van der Waals surface area (Å²) in [6.45, 7) is 6.88. The molecule has 0 radical (unpaired) electrons. The summed E-state index contributed by atoms with van der Waals surface area (Å²) < 4.78 is 6.95. The third-order valence-electron chi connectivity index (χ3n) is 5.74. The van der Waals surface area contributed by atoms with Gasteiger partial charge in [-0.1, -0.05) is 11.6 Å². The van der Waals surface area contributed by atoms with E-state index in [2.05, 4.69) is 15.3 Å². The summed E-state index contributed by atoms with van der Waals surface area (Å²) in [5.74, 6) is 1.40. The lowest BCUT2D eigenvalue weighted by molar-refractivity contribution is -0.116. The molecule has 1 N–H and O–H groups in total. The molecule has 0 saturated carbocycles. The molecule has 1 aromatic carbocycles. The van der Waals surface area contributed by atoms with E-state index in [-0.39, 0.29) is 5.91 Å². The van der Waals surface area contributed by atoms with Crippen LogP contribution in [0.15, 0.2) is 18.2 Å². The van der Waals surface area contributed by atoms with Crippen molar-refractivity contribution in [1.82, 2.24) is 14.7 Å². The molecule has 158 valence electrons. The van der Waals surface area contributed by atoms with Gasteiger partial charge in [-0.25, -0.2) is 0 Å². The SMILES string of the molecule is COc1ccc(NC(=O)CC[C@H]2CCCN(Cc3c(C)nn(C)c3Cl)C2)c(C)c1. The largest absolute Gasteiger partial charge is 0.497 e. The minimum atomic E-state index is 0.0709. The summed E-state index contributed by atoms with van der Waals surface area (Å²) in [6, 6.07) is 5.70. The first-order valence-corrected chi connectivity index (χ1v) is 10.6. The normalized spacial score (nSPS) is 17.3. The molecule has 2 aromatic rings. The Morgan fingerprint density at radius 3 is 2.83 bits per heavy atom. The van der Waals surface area contributed by atoms with E-state index in [1.165, 1.54) is 6.42 Å². The molecule has 2 heterocycles. The minimum absolute atomic E-state index is 0.0709. The van der Waals surface area contributed by atoms with Gasteiger partial charge in [-0.3, -0.25) is 14.4 Å². The number of benzene rings is 1. The molecule has 0 bridgehead atoms. The topological polar surface area (TPSA) is 59.4 Å². The smallest absolute Gasteiger partial charge is 0.224 e. The van der Waals surface area contributed by atoms with Gasteiger partial charge in [0, 0.05) is 37.8 Å². The van der Waals surface area contributed by atoms with Crippen LogP contribution < -0.4 is 10.1 Å². The average Bonchev–Trinajstić information content (AvgIpc) is 2.94. The number of carbonyl (C=O) groups excluding carboxylic acids is 1. The van der Waals surface area contributed by atoms with E-state index < -0.39 is 0 Å². The van der Waals surface area contributed by atoms with Gasteiger partial charge in [0.1, 0.15) is 10.9 Å². The summed E-state index contributed by atoms with van der Waals surface area (Å²) in [4.78, 5) is 14.9. The zero-order chi connectivity index (χ0) is 21.0. The monoisotopic (exact) mass is 418 g/mol. The average molecular weight is 419 g/mol. The van der Waals surface area contributed by atoms with E-state index in [9.17, 15) is 4.79 Å². The molecule has 1 aromatic heterocycles. The van der Waals surface area contributed by atoms with E-state index in [4.69, 9.17) is 16.3 Å². The molecule has 6 nitrogen and oxygen atoms in total. The first kappa shape index (κ1) is 21.7. The standard InChI is InChI=1S/C22H31ClN4O2/c1-15-12-18(29-4)8-9-20(15)24-21(28)10-7-17-6-5-11-27(13-17)14-19-16(2)25-26(3)22(19)23/h8-9,12,17H,5-7,10-11,13-14H2,1-4H3,(H,24,28)/t17-/m1/s1. The molecule has 1 fully saturated rings. The third kappa shape index (κ3) is 5.52. The van der Waals surface area contributed by atoms with Crippen LogP contribution in [0.1, 0.15) is 42.5 Å². The highest BCUT2D eigenvalue weighted by Gasteiger charge is 2.23. The summed E-state index contributed by atoms with van der Waals surface area (Å²) in [6.07, 6.45) is 3.76. The number of nitrogens with zero attached hydrogens (tertiary/aromatic N) is 3. The summed E-state index contributed by atoms with van der Waals surface area (Å²) >= 11 is 6.39.